The van der Waals surface area contributed by atoms with E-state index < -0.39 is 12.0 Å². The fraction of sp³-hybridized carbons (Fsp3) is 0.227. The molecule has 0 aliphatic carbocycles. The van der Waals surface area contributed by atoms with Gasteiger partial charge in [0.15, 0.2) is 16.3 Å². The van der Waals surface area contributed by atoms with E-state index in [0.29, 0.717) is 30.6 Å². The predicted octanol–water partition coefficient (Wildman–Crippen LogP) is 3.34. The first-order valence-corrected chi connectivity index (χ1v) is 12.1. The summed E-state index contributed by atoms with van der Waals surface area (Å²) >= 11 is 6.01. The second-order valence-electron chi connectivity index (χ2n) is 6.87. The Morgan fingerprint density at radius 1 is 1.41 bits per heavy atom. The van der Waals surface area contributed by atoms with Crippen molar-refractivity contribution in [3.8, 4) is 11.5 Å². The van der Waals surface area contributed by atoms with Crippen molar-refractivity contribution in [3.63, 3.8) is 0 Å². The molecule has 0 saturated heterocycles. The molecule has 0 unspecified atom stereocenters. The van der Waals surface area contributed by atoms with Crippen molar-refractivity contribution in [2.24, 2.45) is 4.99 Å². The van der Waals surface area contributed by atoms with Crippen LogP contribution in [-0.4, -0.2) is 29.4 Å². The Labute approximate surface area is 199 Å². The Balaban J connectivity index is 1.93. The second-order valence-corrected chi connectivity index (χ2v) is 9.71. The average Bonchev–Trinajstić information content (AvgIpc) is 3.38. The van der Waals surface area contributed by atoms with Gasteiger partial charge in [0.2, 0.25) is 0 Å². The van der Waals surface area contributed by atoms with Crippen molar-refractivity contribution in [1.82, 2.24) is 4.57 Å². The number of ether oxygens (including phenoxy) is 2. The lowest BCUT2D eigenvalue weighted by Crippen LogP contribution is -2.39. The van der Waals surface area contributed by atoms with Crippen molar-refractivity contribution in [2.75, 3.05) is 13.7 Å². The number of thiazole rings is 1. The molecule has 3 heterocycles. The van der Waals surface area contributed by atoms with Crippen LogP contribution in [-0.2, 0) is 9.53 Å². The van der Waals surface area contributed by atoms with Gasteiger partial charge < -0.3 is 14.6 Å². The van der Waals surface area contributed by atoms with E-state index in [4.69, 9.17) is 9.47 Å². The summed E-state index contributed by atoms with van der Waals surface area (Å²) in [7, 11) is 1.46. The monoisotopic (exact) mass is 534 g/mol. The van der Waals surface area contributed by atoms with Gasteiger partial charge in [-0.1, -0.05) is 17.4 Å². The summed E-state index contributed by atoms with van der Waals surface area (Å²) in [6, 6.07) is 6.51. The molecular formula is C22H19BrN2O5S2. The molecule has 4 rings (SSSR count). The minimum atomic E-state index is -0.603. The molecule has 0 saturated carbocycles. The van der Waals surface area contributed by atoms with Crippen LogP contribution in [0.5, 0.6) is 11.5 Å². The number of hydrogen-bond acceptors (Lipinski definition) is 8. The van der Waals surface area contributed by atoms with Gasteiger partial charge in [-0.25, -0.2) is 9.79 Å². The molecule has 7 nitrogen and oxygen atoms in total. The van der Waals surface area contributed by atoms with E-state index in [0.717, 1.165) is 4.88 Å². The van der Waals surface area contributed by atoms with Crippen LogP contribution in [0.25, 0.3) is 6.08 Å². The van der Waals surface area contributed by atoms with Crippen LogP contribution in [0, 0.1) is 0 Å². The number of carbonyl (C=O) groups excluding carboxylic acids is 1. The molecule has 0 fully saturated rings. The molecule has 1 aromatic carbocycles. The van der Waals surface area contributed by atoms with Gasteiger partial charge in [0.25, 0.3) is 5.56 Å². The van der Waals surface area contributed by atoms with Crippen LogP contribution in [0.3, 0.4) is 0 Å². The van der Waals surface area contributed by atoms with Gasteiger partial charge in [0, 0.05) is 4.88 Å². The number of phenolic OH excluding ortho intramolecular Hbond substituents is 1. The number of halogens is 1. The van der Waals surface area contributed by atoms with Gasteiger partial charge in [0.1, 0.15) is 6.04 Å². The molecule has 166 valence electrons. The second kappa shape index (κ2) is 9.05. The van der Waals surface area contributed by atoms with Gasteiger partial charge in [-0.15, -0.1) is 11.3 Å². The number of aromatic hydroxyl groups is 1. The summed E-state index contributed by atoms with van der Waals surface area (Å²) in [5.41, 5.74) is 1.31. The van der Waals surface area contributed by atoms with E-state index >= 15 is 0 Å². The largest absolute Gasteiger partial charge is 0.503 e. The van der Waals surface area contributed by atoms with Crippen LogP contribution < -0.4 is 19.6 Å². The molecule has 0 amide bonds. The molecular weight excluding hydrogens is 516 g/mol. The summed E-state index contributed by atoms with van der Waals surface area (Å²) < 4.78 is 12.9. The SMILES string of the molecule is CCOC(=O)C1=C(C)N=c2s/c(=C\c3cc(Br)c(O)c(OC)c3)c(=O)n2[C@H]1c1cccs1. The van der Waals surface area contributed by atoms with Gasteiger partial charge in [-0.2, -0.15) is 0 Å². The Kier molecular flexibility index (Phi) is 6.36. The number of benzene rings is 1. The lowest BCUT2D eigenvalue weighted by atomic mass is 10.0. The van der Waals surface area contributed by atoms with Crippen LogP contribution in [0.4, 0.5) is 0 Å². The highest BCUT2D eigenvalue weighted by Crippen LogP contribution is 2.36. The average molecular weight is 535 g/mol. The summed E-state index contributed by atoms with van der Waals surface area (Å²) in [5.74, 6) is -0.206. The van der Waals surface area contributed by atoms with Crippen LogP contribution in [0.2, 0.25) is 0 Å². The number of fused-ring (bicyclic) bond motifs is 1. The number of allylic oxidation sites excluding steroid dienone is 1. The quantitative estimate of drug-likeness (QED) is 0.507. The summed E-state index contributed by atoms with van der Waals surface area (Å²) in [4.78, 5) is 32.2. The number of hydrogen-bond donors (Lipinski definition) is 1. The van der Waals surface area contributed by atoms with Gasteiger partial charge in [-0.05, 0) is 65.0 Å². The number of rotatable bonds is 5. The van der Waals surface area contributed by atoms with Crippen molar-refractivity contribution < 1.29 is 19.4 Å². The normalized spacial score (nSPS) is 16.0. The molecule has 32 heavy (non-hydrogen) atoms. The Morgan fingerprint density at radius 3 is 2.84 bits per heavy atom. The molecule has 1 aliphatic heterocycles. The zero-order valence-electron chi connectivity index (χ0n) is 17.4. The maximum Gasteiger partial charge on any atom is 0.338 e. The third-order valence-corrected chi connectivity index (χ3v) is 7.41. The number of phenols is 1. The first-order chi connectivity index (χ1) is 15.3. The maximum atomic E-state index is 13.5. The molecule has 1 aliphatic rings. The van der Waals surface area contributed by atoms with Crippen molar-refractivity contribution >= 4 is 50.6 Å². The Bertz CT molecular complexity index is 1400. The van der Waals surface area contributed by atoms with E-state index in [1.165, 1.54) is 29.8 Å². The molecule has 3 aromatic rings. The number of thiophene rings is 1. The van der Waals surface area contributed by atoms with Crippen molar-refractivity contribution in [2.45, 2.75) is 19.9 Å². The van der Waals surface area contributed by atoms with E-state index in [-0.39, 0.29) is 23.7 Å². The molecule has 0 radical (unpaired) electrons. The topological polar surface area (TPSA) is 90.1 Å². The number of aromatic nitrogens is 1. The van der Waals surface area contributed by atoms with Gasteiger partial charge in [-0.3, -0.25) is 9.36 Å². The van der Waals surface area contributed by atoms with Gasteiger partial charge in [0.05, 0.1) is 34.0 Å². The molecule has 10 heteroatoms. The highest BCUT2D eigenvalue weighted by atomic mass is 79.9. The van der Waals surface area contributed by atoms with E-state index in [1.54, 1.807) is 36.6 Å². The lowest BCUT2D eigenvalue weighted by Gasteiger charge is -2.23. The highest BCUT2D eigenvalue weighted by molar-refractivity contribution is 9.10. The van der Waals surface area contributed by atoms with E-state index in [1.807, 2.05) is 17.5 Å². The predicted molar refractivity (Wildman–Crippen MR) is 127 cm³/mol. The highest BCUT2D eigenvalue weighted by Gasteiger charge is 2.33. The maximum absolute atomic E-state index is 13.5. The number of esters is 1. The minimum Gasteiger partial charge on any atom is -0.503 e. The zero-order valence-corrected chi connectivity index (χ0v) is 20.6. The minimum absolute atomic E-state index is 0.0153. The number of methoxy groups -OCH3 is 1. The zero-order chi connectivity index (χ0) is 23.0. The van der Waals surface area contributed by atoms with E-state index in [9.17, 15) is 14.7 Å². The molecule has 2 aromatic heterocycles. The smallest absolute Gasteiger partial charge is 0.338 e. The van der Waals surface area contributed by atoms with Crippen LogP contribution in [0.1, 0.15) is 30.3 Å². The van der Waals surface area contributed by atoms with Crippen LogP contribution >= 0.6 is 38.6 Å². The first kappa shape index (κ1) is 22.5. The first-order valence-electron chi connectivity index (χ1n) is 9.65. The summed E-state index contributed by atoms with van der Waals surface area (Å²) in [6.07, 6.45) is 1.71. The van der Waals surface area contributed by atoms with Gasteiger partial charge >= 0.3 is 5.97 Å². The number of carbonyl (C=O) groups is 1. The lowest BCUT2D eigenvalue weighted by molar-refractivity contribution is -0.139. The summed E-state index contributed by atoms with van der Waals surface area (Å²) in [6.45, 7) is 3.73. The summed E-state index contributed by atoms with van der Waals surface area (Å²) in [5, 5.41) is 12.0. The number of nitrogens with zero attached hydrogens (tertiary/aromatic N) is 2. The third kappa shape index (κ3) is 3.94. The molecule has 0 bridgehead atoms. The molecule has 1 atom stereocenters. The fourth-order valence-electron chi connectivity index (χ4n) is 3.49. The van der Waals surface area contributed by atoms with E-state index in [2.05, 4.69) is 20.9 Å². The fourth-order valence-corrected chi connectivity index (χ4v) is 5.82. The van der Waals surface area contributed by atoms with Crippen molar-refractivity contribution in [3.05, 3.63) is 75.5 Å². The third-order valence-electron chi connectivity index (χ3n) is 4.90. The molecule has 0 spiro atoms. The standard InChI is InChI=1S/C22H19BrN2O5S2/c1-4-30-21(28)17-11(2)24-22-25(18(17)15-6-5-7-31-15)20(27)16(32-22)10-12-8-13(23)19(26)14(9-12)29-3/h5-10,18,26H,4H2,1-3H3/b16-10-/t18-/m0/s1. The van der Waals surface area contributed by atoms with Crippen LogP contribution in [0.15, 0.2) is 55.2 Å². The van der Waals surface area contributed by atoms with Crippen molar-refractivity contribution in [1.29, 1.82) is 0 Å². The Hall–Kier alpha value is -2.69. The molecule has 1 N–H and O–H groups in total. The Morgan fingerprint density at radius 2 is 2.19 bits per heavy atom.